The lowest BCUT2D eigenvalue weighted by molar-refractivity contribution is -0.121. The average molecular weight is 534 g/mol. The molecule has 1 aliphatic carbocycles. The van der Waals surface area contributed by atoms with E-state index in [0.717, 1.165) is 73.1 Å². The molecule has 7 nitrogen and oxygen atoms in total. The first-order chi connectivity index (χ1) is 18.3. The molecule has 8 heteroatoms. The molecule has 0 radical (unpaired) electrons. The molecular weight excluding hydrogens is 498 g/mol. The molecule has 1 fully saturated rings. The Morgan fingerprint density at radius 1 is 1.11 bits per heavy atom. The van der Waals surface area contributed by atoms with Crippen LogP contribution in [-0.4, -0.2) is 60.5 Å². The van der Waals surface area contributed by atoms with Crippen LogP contribution < -0.4 is 15.0 Å². The number of carbonyl (C=O) groups is 1. The third-order valence-corrected chi connectivity index (χ3v) is 8.29. The van der Waals surface area contributed by atoms with Gasteiger partial charge in [-0.25, -0.2) is 9.97 Å². The van der Waals surface area contributed by atoms with Crippen molar-refractivity contribution < 1.29 is 9.53 Å². The molecule has 0 amide bonds. The SMILES string of the molecule is CCN1CCN(c2ccc(Nc3ncc(Cl)c(CCc4cccc5c4C(C)(C)C(=O)C5)n3)c(OC)c2)CC1. The van der Waals surface area contributed by atoms with Gasteiger partial charge in [-0.15, -0.1) is 0 Å². The Labute approximate surface area is 230 Å². The van der Waals surface area contributed by atoms with Crippen molar-refractivity contribution in [3.63, 3.8) is 0 Å². The number of methoxy groups -OCH3 is 1. The van der Waals surface area contributed by atoms with Crippen LogP contribution in [-0.2, 0) is 29.5 Å². The summed E-state index contributed by atoms with van der Waals surface area (Å²) < 4.78 is 5.71. The van der Waals surface area contributed by atoms with Gasteiger partial charge in [-0.3, -0.25) is 4.79 Å². The minimum Gasteiger partial charge on any atom is -0.494 e. The third kappa shape index (κ3) is 5.22. The van der Waals surface area contributed by atoms with Crippen LogP contribution in [0.25, 0.3) is 0 Å². The van der Waals surface area contributed by atoms with E-state index in [1.807, 2.05) is 26.0 Å². The Hall–Kier alpha value is -3.16. The largest absolute Gasteiger partial charge is 0.494 e. The fourth-order valence-electron chi connectivity index (χ4n) is 5.66. The number of aryl methyl sites for hydroxylation is 2. The fourth-order valence-corrected chi connectivity index (χ4v) is 5.84. The maximum atomic E-state index is 12.6. The van der Waals surface area contributed by atoms with Crippen molar-refractivity contribution in [3.05, 3.63) is 70.0 Å². The number of hydrogen-bond acceptors (Lipinski definition) is 7. The molecule has 1 aliphatic heterocycles. The molecule has 1 saturated heterocycles. The van der Waals surface area contributed by atoms with Crippen LogP contribution in [0.1, 0.15) is 43.2 Å². The molecule has 0 spiro atoms. The van der Waals surface area contributed by atoms with Gasteiger partial charge >= 0.3 is 0 Å². The van der Waals surface area contributed by atoms with Crippen molar-refractivity contribution in [2.75, 3.05) is 50.1 Å². The Kier molecular flexibility index (Phi) is 7.59. The zero-order valence-electron chi connectivity index (χ0n) is 22.7. The van der Waals surface area contributed by atoms with Gasteiger partial charge in [-0.1, -0.05) is 36.7 Å². The number of nitrogens with one attached hydrogen (secondary N) is 1. The standard InChI is InChI=1S/C30H36ClN5O2/c1-5-35-13-15-36(16-14-35)22-10-12-25(26(18-22)38-4)34-29-32-19-23(31)24(33-29)11-9-20-7-6-8-21-17-27(37)30(2,3)28(20)21/h6-8,10,12,18-19H,5,9,11,13-17H2,1-4H3,(H,32,33,34). The van der Waals surface area contributed by atoms with E-state index in [1.54, 1.807) is 13.3 Å². The summed E-state index contributed by atoms with van der Waals surface area (Å²) in [5.41, 5.74) is 5.75. The van der Waals surface area contributed by atoms with E-state index in [9.17, 15) is 4.79 Å². The number of carbonyl (C=O) groups excluding carboxylic acids is 1. The maximum Gasteiger partial charge on any atom is 0.227 e. The summed E-state index contributed by atoms with van der Waals surface area (Å²) in [7, 11) is 1.68. The van der Waals surface area contributed by atoms with Crippen LogP contribution in [0.3, 0.4) is 0 Å². The van der Waals surface area contributed by atoms with Gasteiger partial charge in [0.05, 0.1) is 29.7 Å². The van der Waals surface area contributed by atoms with Gasteiger partial charge in [-0.05, 0) is 62.1 Å². The molecule has 2 aliphatic rings. The summed E-state index contributed by atoms with van der Waals surface area (Å²) in [5, 5.41) is 3.85. The van der Waals surface area contributed by atoms with Crippen molar-refractivity contribution in [2.45, 2.75) is 45.4 Å². The van der Waals surface area contributed by atoms with Crippen molar-refractivity contribution in [1.29, 1.82) is 0 Å². The second kappa shape index (κ2) is 10.9. The zero-order valence-corrected chi connectivity index (χ0v) is 23.4. The maximum absolute atomic E-state index is 12.6. The van der Waals surface area contributed by atoms with Crippen molar-refractivity contribution in [1.82, 2.24) is 14.9 Å². The van der Waals surface area contributed by atoms with E-state index in [4.69, 9.17) is 21.3 Å². The van der Waals surface area contributed by atoms with Gasteiger partial charge in [-0.2, -0.15) is 0 Å². The lowest BCUT2D eigenvalue weighted by Crippen LogP contribution is -2.46. The monoisotopic (exact) mass is 533 g/mol. The van der Waals surface area contributed by atoms with E-state index < -0.39 is 5.41 Å². The number of likely N-dealkylation sites (N-methyl/N-ethyl adjacent to an activating group) is 1. The van der Waals surface area contributed by atoms with Gasteiger partial charge in [0.15, 0.2) is 0 Å². The molecule has 2 heterocycles. The molecular formula is C30H36ClN5O2. The number of ketones is 1. The quantitative estimate of drug-likeness (QED) is 0.426. The van der Waals surface area contributed by atoms with Crippen LogP contribution in [0.5, 0.6) is 5.75 Å². The van der Waals surface area contributed by atoms with Crippen LogP contribution in [0.15, 0.2) is 42.6 Å². The van der Waals surface area contributed by atoms with Crippen molar-refractivity contribution in [3.8, 4) is 5.75 Å². The Bertz CT molecular complexity index is 1330. The lowest BCUT2D eigenvalue weighted by Gasteiger charge is -2.35. The van der Waals surface area contributed by atoms with Crippen LogP contribution in [0, 0.1) is 0 Å². The lowest BCUT2D eigenvalue weighted by atomic mass is 9.82. The number of halogens is 1. The number of aromatic nitrogens is 2. The molecule has 3 aromatic rings. The van der Waals surface area contributed by atoms with E-state index in [1.165, 1.54) is 5.56 Å². The third-order valence-electron chi connectivity index (χ3n) is 7.97. The van der Waals surface area contributed by atoms with Gasteiger partial charge in [0.1, 0.15) is 11.5 Å². The van der Waals surface area contributed by atoms with Gasteiger partial charge in [0, 0.05) is 49.8 Å². The number of piperazine rings is 1. The number of Topliss-reactive ketones (excluding diaryl/α,β-unsaturated/α-hetero) is 1. The molecule has 0 atom stereocenters. The number of benzene rings is 2. The molecule has 200 valence electrons. The molecule has 1 aromatic heterocycles. The molecule has 2 aromatic carbocycles. The topological polar surface area (TPSA) is 70.6 Å². The molecule has 38 heavy (non-hydrogen) atoms. The van der Waals surface area contributed by atoms with Crippen molar-refractivity contribution in [2.24, 2.45) is 0 Å². The Morgan fingerprint density at radius 2 is 1.89 bits per heavy atom. The van der Waals surface area contributed by atoms with Crippen LogP contribution >= 0.6 is 11.6 Å². The Morgan fingerprint density at radius 3 is 2.63 bits per heavy atom. The second-order valence-electron chi connectivity index (χ2n) is 10.6. The molecule has 5 rings (SSSR count). The minimum absolute atomic E-state index is 0.273. The van der Waals surface area contributed by atoms with Crippen LogP contribution in [0.4, 0.5) is 17.3 Å². The first kappa shape index (κ1) is 26.4. The summed E-state index contributed by atoms with van der Waals surface area (Å²) in [6, 6.07) is 12.4. The summed E-state index contributed by atoms with van der Waals surface area (Å²) in [4.78, 5) is 26.6. The highest BCUT2D eigenvalue weighted by Gasteiger charge is 2.39. The second-order valence-corrected chi connectivity index (χ2v) is 11.0. The molecule has 0 unspecified atom stereocenters. The zero-order chi connectivity index (χ0) is 26.9. The van der Waals surface area contributed by atoms with Gasteiger partial charge < -0.3 is 19.9 Å². The number of hydrogen-bond donors (Lipinski definition) is 1. The normalized spacial score (nSPS) is 17.0. The summed E-state index contributed by atoms with van der Waals surface area (Å²) in [6.07, 6.45) is 3.55. The Balaban J connectivity index is 1.31. The summed E-state index contributed by atoms with van der Waals surface area (Å²) in [5.74, 6) is 1.49. The predicted molar refractivity (Wildman–Crippen MR) is 153 cm³/mol. The van der Waals surface area contributed by atoms with Crippen LogP contribution in [0.2, 0.25) is 5.02 Å². The predicted octanol–water partition coefficient (Wildman–Crippen LogP) is 5.21. The van der Waals surface area contributed by atoms with E-state index >= 15 is 0 Å². The number of ether oxygens (including phenoxy) is 1. The van der Waals surface area contributed by atoms with E-state index in [-0.39, 0.29) is 5.78 Å². The van der Waals surface area contributed by atoms with E-state index in [0.29, 0.717) is 23.8 Å². The molecule has 1 N–H and O–H groups in total. The number of anilines is 3. The number of rotatable bonds is 8. The summed E-state index contributed by atoms with van der Waals surface area (Å²) in [6.45, 7) is 11.5. The van der Waals surface area contributed by atoms with Crippen molar-refractivity contribution >= 4 is 34.7 Å². The fraction of sp³-hybridized carbons (Fsp3) is 0.433. The highest BCUT2D eigenvalue weighted by molar-refractivity contribution is 6.31. The van der Waals surface area contributed by atoms with Gasteiger partial charge in [0.25, 0.3) is 0 Å². The number of nitrogens with zero attached hydrogens (tertiary/aromatic N) is 4. The molecule has 0 saturated carbocycles. The smallest absolute Gasteiger partial charge is 0.227 e. The van der Waals surface area contributed by atoms with Gasteiger partial charge in [0.2, 0.25) is 5.95 Å². The highest BCUT2D eigenvalue weighted by atomic mass is 35.5. The highest BCUT2D eigenvalue weighted by Crippen LogP contribution is 2.38. The number of fused-ring (bicyclic) bond motifs is 1. The van der Waals surface area contributed by atoms with E-state index in [2.05, 4.69) is 51.3 Å². The molecule has 0 bridgehead atoms. The first-order valence-electron chi connectivity index (χ1n) is 13.4. The average Bonchev–Trinajstić information content (AvgIpc) is 3.17. The minimum atomic E-state index is -0.458. The first-order valence-corrected chi connectivity index (χ1v) is 13.8. The summed E-state index contributed by atoms with van der Waals surface area (Å²) >= 11 is 6.51.